The van der Waals surface area contributed by atoms with Gasteiger partial charge >= 0.3 is 0 Å². The average molecular weight is 208 g/mol. The summed E-state index contributed by atoms with van der Waals surface area (Å²) in [6.07, 6.45) is 7.25. The molecular weight excluding hydrogens is 188 g/mol. The van der Waals surface area contributed by atoms with Gasteiger partial charge in [0, 0.05) is 18.0 Å². The van der Waals surface area contributed by atoms with Crippen molar-refractivity contribution in [1.29, 1.82) is 0 Å². The molecule has 3 nitrogen and oxygen atoms in total. The highest BCUT2D eigenvalue weighted by Gasteiger charge is 2.56. The van der Waals surface area contributed by atoms with E-state index in [9.17, 15) is 4.79 Å². The summed E-state index contributed by atoms with van der Waals surface area (Å²) in [5.74, 6) is 2.07. The molecule has 0 heterocycles. The smallest absolute Gasteiger partial charge is 0.223 e. The van der Waals surface area contributed by atoms with E-state index < -0.39 is 0 Å². The van der Waals surface area contributed by atoms with E-state index in [0.717, 1.165) is 24.7 Å². The molecule has 0 aromatic rings. The van der Waals surface area contributed by atoms with Crippen molar-refractivity contribution in [2.45, 2.75) is 44.1 Å². The molecule has 3 N–H and O–H groups in total. The van der Waals surface area contributed by atoms with Crippen LogP contribution in [-0.4, -0.2) is 18.0 Å². The molecule has 0 aromatic carbocycles. The van der Waals surface area contributed by atoms with Crippen LogP contribution in [0, 0.1) is 17.8 Å². The van der Waals surface area contributed by atoms with Gasteiger partial charge in [0.15, 0.2) is 0 Å². The van der Waals surface area contributed by atoms with E-state index >= 15 is 0 Å². The van der Waals surface area contributed by atoms with E-state index in [1.165, 1.54) is 25.7 Å². The van der Waals surface area contributed by atoms with Gasteiger partial charge in [-0.25, -0.2) is 0 Å². The Morgan fingerprint density at radius 3 is 2.47 bits per heavy atom. The third kappa shape index (κ3) is 1.57. The second-order valence-electron chi connectivity index (χ2n) is 5.72. The van der Waals surface area contributed by atoms with Gasteiger partial charge in [0.2, 0.25) is 5.91 Å². The SMILES string of the molecule is NC1(CNC(=O)C2C3CCCC32)CCC1. The highest BCUT2D eigenvalue weighted by molar-refractivity contribution is 5.82. The maximum Gasteiger partial charge on any atom is 0.223 e. The van der Waals surface area contributed by atoms with Gasteiger partial charge in [-0.15, -0.1) is 0 Å². The van der Waals surface area contributed by atoms with Crippen LogP contribution in [-0.2, 0) is 4.79 Å². The Balaban J connectivity index is 1.46. The van der Waals surface area contributed by atoms with Crippen molar-refractivity contribution in [2.75, 3.05) is 6.54 Å². The largest absolute Gasteiger partial charge is 0.354 e. The van der Waals surface area contributed by atoms with Gasteiger partial charge < -0.3 is 11.1 Å². The van der Waals surface area contributed by atoms with Crippen LogP contribution in [0.25, 0.3) is 0 Å². The second-order valence-corrected chi connectivity index (χ2v) is 5.72. The lowest BCUT2D eigenvalue weighted by atomic mass is 9.78. The zero-order chi connectivity index (χ0) is 10.5. The molecule has 2 atom stereocenters. The van der Waals surface area contributed by atoms with E-state index in [1.54, 1.807) is 0 Å². The summed E-state index contributed by atoms with van der Waals surface area (Å²) in [4.78, 5) is 11.8. The van der Waals surface area contributed by atoms with Gasteiger partial charge in [-0.05, 0) is 43.9 Å². The van der Waals surface area contributed by atoms with E-state index in [2.05, 4.69) is 5.32 Å². The zero-order valence-electron chi connectivity index (χ0n) is 9.17. The number of amides is 1. The monoisotopic (exact) mass is 208 g/mol. The molecule has 0 saturated heterocycles. The molecule has 0 bridgehead atoms. The van der Waals surface area contributed by atoms with Gasteiger partial charge in [-0.3, -0.25) is 4.79 Å². The highest BCUT2D eigenvalue weighted by Crippen LogP contribution is 2.57. The van der Waals surface area contributed by atoms with Crippen molar-refractivity contribution in [3.05, 3.63) is 0 Å². The normalized spacial score (nSPS) is 40.5. The summed E-state index contributed by atoms with van der Waals surface area (Å²) in [7, 11) is 0. The molecule has 2 unspecified atom stereocenters. The molecule has 1 amide bonds. The first-order valence-corrected chi connectivity index (χ1v) is 6.26. The number of fused-ring (bicyclic) bond motifs is 1. The lowest BCUT2D eigenvalue weighted by Crippen LogP contribution is -2.55. The molecule has 3 aliphatic carbocycles. The maximum absolute atomic E-state index is 11.8. The van der Waals surface area contributed by atoms with Gasteiger partial charge in [0.05, 0.1) is 0 Å². The fourth-order valence-electron chi connectivity index (χ4n) is 3.40. The molecule has 3 aliphatic rings. The van der Waals surface area contributed by atoms with E-state index in [1.807, 2.05) is 0 Å². The summed E-state index contributed by atoms with van der Waals surface area (Å²) in [5, 5.41) is 3.05. The Morgan fingerprint density at radius 1 is 1.27 bits per heavy atom. The minimum atomic E-state index is -0.0698. The van der Waals surface area contributed by atoms with Crippen molar-refractivity contribution >= 4 is 5.91 Å². The summed E-state index contributed by atoms with van der Waals surface area (Å²) in [6, 6.07) is 0. The summed E-state index contributed by atoms with van der Waals surface area (Å²) in [6.45, 7) is 0.696. The fraction of sp³-hybridized carbons (Fsp3) is 0.917. The molecule has 0 aliphatic heterocycles. The third-order valence-corrected chi connectivity index (χ3v) is 4.67. The van der Waals surface area contributed by atoms with Crippen LogP contribution in [0.1, 0.15) is 38.5 Å². The molecular formula is C12H20N2O. The van der Waals surface area contributed by atoms with Crippen LogP contribution in [0.4, 0.5) is 0 Å². The van der Waals surface area contributed by atoms with Gasteiger partial charge in [0.1, 0.15) is 0 Å². The van der Waals surface area contributed by atoms with Crippen LogP contribution in [0.5, 0.6) is 0 Å². The summed E-state index contributed by atoms with van der Waals surface area (Å²) < 4.78 is 0. The second kappa shape index (κ2) is 3.21. The van der Waals surface area contributed by atoms with Gasteiger partial charge in [-0.1, -0.05) is 6.42 Å². The first kappa shape index (κ1) is 9.64. The number of carbonyl (C=O) groups excluding carboxylic acids is 1. The van der Waals surface area contributed by atoms with Crippen molar-refractivity contribution in [1.82, 2.24) is 5.32 Å². The number of nitrogens with two attached hydrogens (primary N) is 1. The number of hydrogen-bond donors (Lipinski definition) is 2. The number of nitrogens with one attached hydrogen (secondary N) is 1. The molecule has 15 heavy (non-hydrogen) atoms. The topological polar surface area (TPSA) is 55.1 Å². The van der Waals surface area contributed by atoms with Crippen LogP contribution >= 0.6 is 0 Å². The predicted molar refractivity (Wildman–Crippen MR) is 58.1 cm³/mol. The summed E-state index contributed by atoms with van der Waals surface area (Å²) in [5.41, 5.74) is 6.00. The number of carbonyl (C=O) groups is 1. The number of hydrogen-bond acceptors (Lipinski definition) is 2. The molecule has 3 saturated carbocycles. The van der Waals surface area contributed by atoms with Crippen molar-refractivity contribution in [2.24, 2.45) is 23.5 Å². The van der Waals surface area contributed by atoms with E-state index in [-0.39, 0.29) is 11.4 Å². The van der Waals surface area contributed by atoms with E-state index in [0.29, 0.717) is 12.5 Å². The first-order chi connectivity index (χ1) is 7.20. The minimum absolute atomic E-state index is 0.0698. The van der Waals surface area contributed by atoms with Crippen LogP contribution < -0.4 is 11.1 Å². The predicted octanol–water partition coefficient (Wildman–Crippen LogP) is 1.03. The molecule has 0 radical (unpaired) electrons. The lowest BCUT2D eigenvalue weighted by molar-refractivity contribution is -0.123. The van der Waals surface area contributed by atoms with Crippen LogP contribution in [0.3, 0.4) is 0 Å². The first-order valence-electron chi connectivity index (χ1n) is 6.26. The van der Waals surface area contributed by atoms with Gasteiger partial charge in [0.25, 0.3) is 0 Å². The number of rotatable bonds is 3. The lowest BCUT2D eigenvalue weighted by Gasteiger charge is -2.38. The van der Waals surface area contributed by atoms with Crippen molar-refractivity contribution in [3.8, 4) is 0 Å². The maximum atomic E-state index is 11.8. The molecule has 0 spiro atoms. The molecule has 0 aromatic heterocycles. The molecule has 3 fully saturated rings. The molecule has 3 rings (SSSR count). The van der Waals surface area contributed by atoms with Gasteiger partial charge in [-0.2, -0.15) is 0 Å². The third-order valence-electron chi connectivity index (χ3n) is 4.67. The Hall–Kier alpha value is -0.570. The Kier molecular flexibility index (Phi) is 2.06. The van der Waals surface area contributed by atoms with Crippen molar-refractivity contribution in [3.63, 3.8) is 0 Å². The minimum Gasteiger partial charge on any atom is -0.354 e. The van der Waals surface area contributed by atoms with Crippen LogP contribution in [0.2, 0.25) is 0 Å². The van der Waals surface area contributed by atoms with Crippen molar-refractivity contribution < 1.29 is 4.79 Å². The quantitative estimate of drug-likeness (QED) is 0.728. The fourth-order valence-corrected chi connectivity index (χ4v) is 3.40. The highest BCUT2D eigenvalue weighted by atomic mass is 16.2. The Labute approximate surface area is 90.8 Å². The standard InChI is InChI=1S/C12H20N2O/c13-12(5-2-6-12)7-14-11(15)10-8-3-1-4-9(8)10/h8-10H,1-7,13H2,(H,14,15). The summed E-state index contributed by atoms with van der Waals surface area (Å²) >= 11 is 0. The molecule has 84 valence electrons. The Bertz CT molecular complexity index is 275. The molecule has 3 heteroatoms. The van der Waals surface area contributed by atoms with E-state index in [4.69, 9.17) is 5.73 Å². The Morgan fingerprint density at radius 2 is 1.93 bits per heavy atom. The zero-order valence-corrected chi connectivity index (χ0v) is 9.17. The van der Waals surface area contributed by atoms with Crippen LogP contribution in [0.15, 0.2) is 0 Å². The average Bonchev–Trinajstić information content (AvgIpc) is 2.66.